The number of nitriles is 1. The van der Waals surface area contributed by atoms with Gasteiger partial charge in [0.25, 0.3) is 5.91 Å². The van der Waals surface area contributed by atoms with Crippen molar-refractivity contribution in [3.8, 4) is 17.2 Å². The third kappa shape index (κ3) is 3.95. The fourth-order valence-corrected chi connectivity index (χ4v) is 4.04. The Bertz CT molecular complexity index is 1490. The lowest BCUT2D eigenvalue weighted by atomic mass is 9.95. The fourth-order valence-electron chi connectivity index (χ4n) is 4.04. The summed E-state index contributed by atoms with van der Waals surface area (Å²) in [6, 6.07) is 16.7. The quantitative estimate of drug-likeness (QED) is 0.404. The van der Waals surface area contributed by atoms with Gasteiger partial charge in [0.05, 0.1) is 17.3 Å². The van der Waals surface area contributed by atoms with Crippen LogP contribution in [0.1, 0.15) is 40.0 Å². The van der Waals surface area contributed by atoms with E-state index in [2.05, 4.69) is 26.7 Å². The summed E-state index contributed by atoms with van der Waals surface area (Å²) >= 11 is 0. The Morgan fingerprint density at radius 1 is 1.12 bits per heavy atom. The molecular formula is C27H22FN5O. The van der Waals surface area contributed by atoms with Gasteiger partial charge in [0.15, 0.2) is 5.67 Å². The van der Waals surface area contributed by atoms with Gasteiger partial charge in [-0.3, -0.25) is 9.78 Å². The molecule has 5 rings (SSSR count). The highest BCUT2D eigenvalue weighted by Gasteiger charge is 2.46. The third-order valence-electron chi connectivity index (χ3n) is 6.19. The van der Waals surface area contributed by atoms with E-state index in [0.29, 0.717) is 41.2 Å². The smallest absolute Gasteiger partial charge is 0.255 e. The molecule has 1 fully saturated rings. The van der Waals surface area contributed by atoms with Gasteiger partial charge in [0.1, 0.15) is 5.82 Å². The fraction of sp³-hybridized carbons (Fsp3) is 0.185. The molecule has 2 heterocycles. The van der Waals surface area contributed by atoms with Crippen LogP contribution in [-0.4, -0.2) is 22.9 Å². The van der Waals surface area contributed by atoms with Crippen molar-refractivity contribution in [3.05, 3.63) is 83.3 Å². The number of benzene rings is 2. The highest BCUT2D eigenvalue weighted by molar-refractivity contribution is 6.04. The van der Waals surface area contributed by atoms with Gasteiger partial charge in [-0.15, -0.1) is 0 Å². The van der Waals surface area contributed by atoms with E-state index >= 15 is 0 Å². The van der Waals surface area contributed by atoms with E-state index in [9.17, 15) is 14.4 Å². The van der Waals surface area contributed by atoms with E-state index < -0.39 is 5.67 Å². The molecule has 6 nitrogen and oxygen atoms in total. The predicted molar refractivity (Wildman–Crippen MR) is 130 cm³/mol. The summed E-state index contributed by atoms with van der Waals surface area (Å²) in [5.41, 5.74) is 3.17. The van der Waals surface area contributed by atoms with Crippen LogP contribution < -0.4 is 10.6 Å². The molecule has 4 aromatic rings. The number of fused-ring (bicyclic) bond motifs is 1. The zero-order chi connectivity index (χ0) is 23.9. The topological polar surface area (TPSA) is 90.7 Å². The molecule has 1 aliphatic rings. The Morgan fingerprint density at radius 3 is 2.68 bits per heavy atom. The van der Waals surface area contributed by atoms with Gasteiger partial charge in [-0.2, -0.15) is 5.26 Å². The van der Waals surface area contributed by atoms with E-state index in [-0.39, 0.29) is 5.91 Å². The van der Waals surface area contributed by atoms with Gasteiger partial charge in [-0.1, -0.05) is 6.07 Å². The zero-order valence-corrected chi connectivity index (χ0v) is 18.8. The first-order chi connectivity index (χ1) is 16.4. The minimum Gasteiger partial charge on any atom is -0.373 e. The minimum absolute atomic E-state index is 0.306. The molecule has 0 atom stereocenters. The molecule has 1 saturated carbocycles. The van der Waals surface area contributed by atoms with Crippen molar-refractivity contribution in [1.82, 2.24) is 9.97 Å². The second-order valence-corrected chi connectivity index (χ2v) is 8.56. The summed E-state index contributed by atoms with van der Waals surface area (Å²) in [6.07, 6.45) is 4.09. The Kier molecular flexibility index (Phi) is 5.21. The number of nitrogens with one attached hydrogen (secondary N) is 2. The maximum Gasteiger partial charge on any atom is 0.255 e. The molecule has 0 bridgehead atoms. The van der Waals surface area contributed by atoms with Gasteiger partial charge in [-0.25, -0.2) is 9.37 Å². The molecule has 7 heteroatoms. The average Bonchev–Trinajstić information content (AvgIpc) is 3.62. The lowest BCUT2D eigenvalue weighted by molar-refractivity contribution is 0.102. The number of hydrogen-bond acceptors (Lipinski definition) is 5. The number of anilines is 2. The summed E-state index contributed by atoms with van der Waals surface area (Å²) in [4.78, 5) is 21.3. The summed E-state index contributed by atoms with van der Waals surface area (Å²) in [5, 5.41) is 17.3. The second-order valence-electron chi connectivity index (χ2n) is 8.56. The van der Waals surface area contributed by atoms with E-state index in [1.807, 2.05) is 43.3 Å². The van der Waals surface area contributed by atoms with Crippen molar-refractivity contribution in [2.24, 2.45) is 0 Å². The largest absolute Gasteiger partial charge is 0.373 e. The standard InChI is InChI=1S/C27H22FN5O/c1-16-3-4-21(33-26(34)17-5-8-31-24(11-17)27(28)6-7-27)12-22(16)18-9-19(14-29)23-13-25(30-2)32-15-20(23)10-18/h3-5,8-13,15H,6-7H2,1-2H3,(H,30,32)(H,33,34). The summed E-state index contributed by atoms with van der Waals surface area (Å²) in [7, 11) is 1.78. The van der Waals surface area contributed by atoms with Crippen LogP contribution in [0.5, 0.6) is 0 Å². The van der Waals surface area contributed by atoms with Gasteiger partial charge in [-0.05, 0) is 78.9 Å². The summed E-state index contributed by atoms with van der Waals surface area (Å²) in [5.74, 6) is 0.361. The average molecular weight is 452 g/mol. The third-order valence-corrected chi connectivity index (χ3v) is 6.19. The van der Waals surface area contributed by atoms with Gasteiger partial charge in [0.2, 0.25) is 0 Å². The van der Waals surface area contributed by atoms with Crippen LogP contribution in [0.25, 0.3) is 21.9 Å². The second kappa shape index (κ2) is 8.23. The number of rotatable bonds is 5. The molecule has 0 spiro atoms. The highest BCUT2D eigenvalue weighted by Crippen LogP contribution is 2.48. The molecule has 2 N–H and O–H groups in total. The summed E-state index contributed by atoms with van der Waals surface area (Å²) in [6.45, 7) is 1.98. The van der Waals surface area contributed by atoms with Gasteiger partial charge in [0, 0.05) is 41.5 Å². The SMILES string of the molecule is CNc1cc2c(C#N)cc(-c3cc(NC(=O)c4ccnc(C5(F)CC5)c4)ccc3C)cc2cn1. The molecule has 0 aliphatic heterocycles. The lowest BCUT2D eigenvalue weighted by Crippen LogP contribution is -2.13. The number of pyridine rings is 2. The number of carbonyl (C=O) groups is 1. The van der Waals surface area contributed by atoms with Crippen molar-refractivity contribution in [3.63, 3.8) is 0 Å². The van der Waals surface area contributed by atoms with E-state index in [1.54, 1.807) is 19.3 Å². The minimum atomic E-state index is -1.40. The van der Waals surface area contributed by atoms with Gasteiger partial charge >= 0.3 is 0 Å². The van der Waals surface area contributed by atoms with Gasteiger partial charge < -0.3 is 10.6 Å². The molecule has 34 heavy (non-hydrogen) atoms. The zero-order valence-electron chi connectivity index (χ0n) is 18.8. The molecule has 1 aliphatic carbocycles. The number of carbonyl (C=O) groups excluding carboxylic acids is 1. The molecular weight excluding hydrogens is 429 g/mol. The predicted octanol–water partition coefficient (Wildman–Crippen LogP) is 5.73. The molecule has 0 radical (unpaired) electrons. The monoisotopic (exact) mass is 451 g/mol. The van der Waals surface area contributed by atoms with Crippen LogP contribution in [0.4, 0.5) is 15.9 Å². The molecule has 2 aromatic carbocycles. The number of nitrogens with zero attached hydrogens (tertiary/aromatic N) is 3. The maximum absolute atomic E-state index is 14.4. The number of aryl methyl sites for hydroxylation is 1. The van der Waals surface area contributed by atoms with E-state index in [0.717, 1.165) is 27.5 Å². The van der Waals surface area contributed by atoms with Crippen LogP contribution in [0, 0.1) is 18.3 Å². The van der Waals surface area contributed by atoms with E-state index in [4.69, 9.17) is 0 Å². The number of aromatic nitrogens is 2. The van der Waals surface area contributed by atoms with E-state index in [1.165, 1.54) is 12.3 Å². The Morgan fingerprint density at radius 2 is 1.94 bits per heavy atom. The van der Waals surface area contributed by atoms with Crippen molar-refractivity contribution in [2.45, 2.75) is 25.4 Å². The first-order valence-electron chi connectivity index (χ1n) is 11.0. The molecule has 0 unspecified atom stereocenters. The van der Waals surface area contributed by atoms with Crippen LogP contribution in [0.15, 0.2) is 60.9 Å². The Hall–Kier alpha value is -4.31. The first-order valence-corrected chi connectivity index (χ1v) is 11.0. The van der Waals surface area contributed by atoms with Crippen molar-refractivity contribution < 1.29 is 9.18 Å². The van der Waals surface area contributed by atoms with Crippen LogP contribution >= 0.6 is 0 Å². The van der Waals surface area contributed by atoms with Crippen molar-refractivity contribution in [1.29, 1.82) is 5.26 Å². The number of halogens is 1. The Labute approximate surface area is 196 Å². The Balaban J connectivity index is 1.48. The van der Waals surface area contributed by atoms with Crippen LogP contribution in [-0.2, 0) is 5.67 Å². The normalized spacial score (nSPS) is 13.8. The number of amides is 1. The molecule has 2 aromatic heterocycles. The molecule has 1 amide bonds. The number of alkyl halides is 1. The lowest BCUT2D eigenvalue weighted by Gasteiger charge is -2.13. The van der Waals surface area contributed by atoms with Crippen LogP contribution in [0.3, 0.4) is 0 Å². The van der Waals surface area contributed by atoms with Crippen LogP contribution in [0.2, 0.25) is 0 Å². The first kappa shape index (κ1) is 21.5. The number of hydrogen-bond donors (Lipinski definition) is 2. The molecule has 0 saturated heterocycles. The summed E-state index contributed by atoms with van der Waals surface area (Å²) < 4.78 is 14.4. The molecule has 168 valence electrons. The van der Waals surface area contributed by atoms with Crippen molar-refractivity contribution in [2.75, 3.05) is 17.7 Å². The maximum atomic E-state index is 14.4. The van der Waals surface area contributed by atoms with Crippen molar-refractivity contribution >= 4 is 28.2 Å². The highest BCUT2D eigenvalue weighted by atomic mass is 19.1.